The number of hydrogen-bond donors (Lipinski definition) is 2. The average Bonchev–Trinajstić information content (AvgIpc) is 2.81. The molecule has 5 rings (SSSR count). The molecule has 6 heteroatoms. The van der Waals surface area contributed by atoms with Crippen LogP contribution in [0.4, 0.5) is 0 Å². The summed E-state index contributed by atoms with van der Waals surface area (Å²) in [5.74, 6) is -1.08. The van der Waals surface area contributed by atoms with Gasteiger partial charge in [0.05, 0.1) is 10.8 Å². The smallest absolute Gasteiger partial charge is 0.310 e. The summed E-state index contributed by atoms with van der Waals surface area (Å²) in [5.41, 5.74) is -0.649. The van der Waals surface area contributed by atoms with E-state index in [4.69, 9.17) is 4.74 Å². The predicted octanol–water partition coefficient (Wildman–Crippen LogP) is 6.87. The van der Waals surface area contributed by atoms with E-state index in [0.29, 0.717) is 37.5 Å². The second kappa shape index (κ2) is 8.33. The Morgan fingerprint density at radius 1 is 0.842 bits per heavy atom. The van der Waals surface area contributed by atoms with E-state index in [2.05, 4.69) is 40.7 Å². The van der Waals surface area contributed by atoms with Crippen molar-refractivity contribution in [1.82, 2.24) is 0 Å². The van der Waals surface area contributed by atoms with Gasteiger partial charge in [-0.2, -0.15) is 0 Å². The Bertz CT molecular complexity index is 1090. The van der Waals surface area contributed by atoms with Gasteiger partial charge in [-0.05, 0) is 105 Å². The van der Waals surface area contributed by atoms with Crippen LogP contribution in [-0.2, 0) is 19.1 Å². The van der Waals surface area contributed by atoms with Crippen LogP contribution < -0.4 is 0 Å². The Balaban J connectivity index is 1.56. The first-order valence-corrected chi connectivity index (χ1v) is 14.8. The van der Waals surface area contributed by atoms with Crippen LogP contribution in [0.15, 0.2) is 11.6 Å². The van der Waals surface area contributed by atoms with Crippen LogP contribution in [0.3, 0.4) is 0 Å². The number of esters is 1. The normalized spacial score (nSPS) is 49.3. The van der Waals surface area contributed by atoms with Crippen LogP contribution in [0, 0.1) is 50.2 Å². The van der Waals surface area contributed by atoms with Crippen LogP contribution in [0.2, 0.25) is 0 Å². The number of carboxylic acid groups (broad SMARTS) is 2. The number of carboxylic acids is 2. The maximum absolute atomic E-state index is 12.8. The van der Waals surface area contributed by atoms with E-state index < -0.39 is 22.8 Å². The predicted molar refractivity (Wildman–Crippen MR) is 144 cm³/mol. The van der Waals surface area contributed by atoms with E-state index in [1.54, 1.807) is 0 Å². The first-order chi connectivity index (χ1) is 17.5. The number of rotatable bonds is 3. The van der Waals surface area contributed by atoms with Crippen molar-refractivity contribution in [3.8, 4) is 0 Å². The zero-order valence-electron chi connectivity index (χ0n) is 24.5. The molecular formula is C32H48O6. The molecule has 9 unspecified atom stereocenters. The Hall–Kier alpha value is -1.85. The molecule has 2 N–H and O–H groups in total. The maximum atomic E-state index is 12.8. The zero-order chi connectivity index (χ0) is 28.1. The molecule has 0 aromatic carbocycles. The molecule has 4 fully saturated rings. The molecule has 0 radical (unpaired) electrons. The number of carbonyl (C=O) groups is 3. The molecule has 0 spiro atoms. The fraction of sp³-hybridized carbons (Fsp3) is 0.844. The third-order valence-electron chi connectivity index (χ3n) is 13.6. The summed E-state index contributed by atoms with van der Waals surface area (Å²) in [6.07, 6.45) is 10.0. The van der Waals surface area contributed by atoms with Gasteiger partial charge in [0.15, 0.2) is 0 Å². The summed E-state index contributed by atoms with van der Waals surface area (Å²) in [4.78, 5) is 37.0. The summed E-state index contributed by atoms with van der Waals surface area (Å²) in [7, 11) is 0. The van der Waals surface area contributed by atoms with Gasteiger partial charge in [0, 0.05) is 12.3 Å². The van der Waals surface area contributed by atoms with Crippen LogP contribution in [0.25, 0.3) is 0 Å². The summed E-state index contributed by atoms with van der Waals surface area (Å²) in [6, 6.07) is 0. The molecule has 38 heavy (non-hydrogen) atoms. The minimum Gasteiger partial charge on any atom is -0.481 e. The molecule has 0 aromatic heterocycles. The topological polar surface area (TPSA) is 101 Å². The molecule has 0 bridgehead atoms. The summed E-state index contributed by atoms with van der Waals surface area (Å²) in [5, 5.41) is 20.6. The molecular weight excluding hydrogens is 480 g/mol. The monoisotopic (exact) mass is 528 g/mol. The molecule has 6 nitrogen and oxygen atoms in total. The Labute approximate surface area is 228 Å². The lowest BCUT2D eigenvalue weighted by atomic mass is 9.33. The highest BCUT2D eigenvalue weighted by Crippen LogP contribution is 2.75. The lowest BCUT2D eigenvalue weighted by Gasteiger charge is -2.71. The standard InChI is InChI=1S/C32H48O6/c1-19(33)38-24-11-12-29(5)22(27(24,2)3)10-13-31(7)23(29)9-8-20-21-18-28(4,25(34)35)14-16-32(21,26(36)37)17-15-30(20,31)6/h8,21-24H,9-18H2,1-7H3,(H,34,35)(H,36,37). The van der Waals surface area contributed by atoms with Crippen molar-refractivity contribution in [3.63, 3.8) is 0 Å². The molecule has 0 amide bonds. The van der Waals surface area contributed by atoms with Gasteiger partial charge >= 0.3 is 17.9 Å². The van der Waals surface area contributed by atoms with Gasteiger partial charge in [-0.3, -0.25) is 14.4 Å². The van der Waals surface area contributed by atoms with Gasteiger partial charge in [-0.1, -0.05) is 46.3 Å². The highest BCUT2D eigenvalue weighted by Gasteiger charge is 2.70. The van der Waals surface area contributed by atoms with E-state index >= 15 is 0 Å². The fourth-order valence-corrected chi connectivity index (χ4v) is 11.0. The Morgan fingerprint density at radius 3 is 2.11 bits per heavy atom. The highest BCUT2D eigenvalue weighted by atomic mass is 16.5. The van der Waals surface area contributed by atoms with Crippen molar-refractivity contribution in [1.29, 1.82) is 0 Å². The molecule has 0 aromatic rings. The third-order valence-corrected chi connectivity index (χ3v) is 13.6. The summed E-state index contributed by atoms with van der Waals surface area (Å²) in [6.45, 7) is 15.2. The van der Waals surface area contributed by atoms with E-state index in [9.17, 15) is 24.6 Å². The van der Waals surface area contributed by atoms with E-state index in [0.717, 1.165) is 38.5 Å². The second-order valence-electron chi connectivity index (χ2n) is 15.3. The number of hydrogen-bond acceptors (Lipinski definition) is 4. The number of allylic oxidation sites excluding steroid dienone is 2. The van der Waals surface area contributed by atoms with E-state index in [1.807, 2.05) is 6.92 Å². The first kappa shape index (κ1) is 27.7. The number of fused-ring (bicyclic) bond motifs is 7. The van der Waals surface area contributed by atoms with Crippen molar-refractivity contribution in [2.45, 2.75) is 119 Å². The average molecular weight is 529 g/mol. The van der Waals surface area contributed by atoms with Crippen molar-refractivity contribution in [2.24, 2.45) is 50.2 Å². The van der Waals surface area contributed by atoms with Crippen molar-refractivity contribution in [3.05, 3.63) is 11.6 Å². The van der Waals surface area contributed by atoms with Crippen molar-refractivity contribution < 1.29 is 29.3 Å². The van der Waals surface area contributed by atoms with Crippen molar-refractivity contribution in [2.75, 3.05) is 0 Å². The molecule has 0 aliphatic heterocycles. The van der Waals surface area contributed by atoms with Gasteiger partial charge in [0.2, 0.25) is 0 Å². The van der Waals surface area contributed by atoms with Gasteiger partial charge in [0.1, 0.15) is 6.10 Å². The maximum Gasteiger partial charge on any atom is 0.310 e. The Kier molecular flexibility index (Phi) is 6.07. The largest absolute Gasteiger partial charge is 0.481 e. The van der Waals surface area contributed by atoms with Crippen LogP contribution >= 0.6 is 0 Å². The molecule has 5 aliphatic rings. The van der Waals surface area contributed by atoms with Gasteiger partial charge in [-0.25, -0.2) is 0 Å². The lowest BCUT2D eigenvalue weighted by Crippen LogP contribution is -2.65. The SMILES string of the molecule is CC(=O)OC1CCC2(C)C(CCC3(C)C2CC=C2C4CC(C)(C(=O)O)CCC4(C(=O)O)CCC23C)C1(C)C. The van der Waals surface area contributed by atoms with Crippen LogP contribution in [0.1, 0.15) is 113 Å². The lowest BCUT2D eigenvalue weighted by molar-refractivity contribution is -0.213. The van der Waals surface area contributed by atoms with Gasteiger partial charge < -0.3 is 14.9 Å². The zero-order valence-corrected chi connectivity index (χ0v) is 24.5. The molecule has 212 valence electrons. The number of ether oxygens (including phenoxy) is 1. The van der Waals surface area contributed by atoms with E-state index in [-0.39, 0.29) is 39.7 Å². The van der Waals surface area contributed by atoms with Gasteiger partial charge in [0.25, 0.3) is 0 Å². The highest BCUT2D eigenvalue weighted by molar-refractivity contribution is 5.79. The summed E-state index contributed by atoms with van der Waals surface area (Å²) >= 11 is 0. The molecule has 4 saturated carbocycles. The van der Waals surface area contributed by atoms with Crippen LogP contribution in [-0.4, -0.2) is 34.2 Å². The van der Waals surface area contributed by atoms with E-state index in [1.165, 1.54) is 12.5 Å². The minimum atomic E-state index is -0.886. The quantitative estimate of drug-likeness (QED) is 0.306. The Morgan fingerprint density at radius 2 is 1.50 bits per heavy atom. The second-order valence-corrected chi connectivity index (χ2v) is 15.3. The van der Waals surface area contributed by atoms with Crippen molar-refractivity contribution >= 4 is 17.9 Å². The fourth-order valence-electron chi connectivity index (χ4n) is 11.0. The molecule has 5 aliphatic carbocycles. The minimum absolute atomic E-state index is 0.00835. The van der Waals surface area contributed by atoms with Crippen LogP contribution in [0.5, 0.6) is 0 Å². The molecule has 0 heterocycles. The third kappa shape index (κ3) is 3.39. The summed E-state index contributed by atoms with van der Waals surface area (Å²) < 4.78 is 5.84. The number of aliphatic carboxylic acids is 2. The molecule has 0 saturated heterocycles. The first-order valence-electron chi connectivity index (χ1n) is 14.8. The molecule has 9 atom stereocenters. The van der Waals surface area contributed by atoms with Gasteiger partial charge in [-0.15, -0.1) is 0 Å². The number of carbonyl (C=O) groups excluding carboxylic acids is 1.